The van der Waals surface area contributed by atoms with Gasteiger partial charge in [0.05, 0.1) is 48.0 Å². The number of aliphatic hydroxyl groups excluding tert-OH is 5. The minimum Gasteiger partial charge on any atom is -0.508 e. The van der Waals surface area contributed by atoms with E-state index in [0.717, 1.165) is 54.9 Å². The molecule has 8 fully saturated rings. The number of aryl methyl sites for hydroxylation is 1. The van der Waals surface area contributed by atoms with Crippen molar-refractivity contribution in [3.63, 3.8) is 0 Å². The zero-order valence-corrected chi connectivity index (χ0v) is 51.1. The number of nitrogens with one attached hydrogen (secondary N) is 1. The van der Waals surface area contributed by atoms with Gasteiger partial charge in [0.25, 0.3) is 0 Å². The largest absolute Gasteiger partial charge is 0.508 e. The highest BCUT2D eigenvalue weighted by Gasteiger charge is 2.83. The topological polar surface area (TPSA) is 253 Å². The third-order valence-corrected chi connectivity index (χ3v) is 29.1. The quantitative estimate of drug-likeness (QED) is 0.0441. The van der Waals surface area contributed by atoms with Gasteiger partial charge >= 0.3 is 0 Å². The van der Waals surface area contributed by atoms with E-state index in [1.807, 2.05) is 24.0 Å². The highest BCUT2D eigenvalue weighted by Crippen LogP contribution is 2.79. The molecule has 21 unspecified atom stereocenters. The molecule has 5 heterocycles. The van der Waals surface area contributed by atoms with E-state index >= 15 is 9.59 Å². The van der Waals surface area contributed by atoms with Gasteiger partial charge in [0, 0.05) is 72.0 Å². The van der Waals surface area contributed by atoms with Crippen LogP contribution in [0, 0.1) is 79.8 Å². The van der Waals surface area contributed by atoms with Crippen LogP contribution in [0.15, 0.2) is 54.2 Å². The van der Waals surface area contributed by atoms with E-state index in [9.17, 15) is 46.0 Å². The summed E-state index contributed by atoms with van der Waals surface area (Å²) in [6, 6.07) is 5.36. The Balaban J connectivity index is 0.974. The first-order valence-electron chi connectivity index (χ1n) is 31.9. The number of amides is 1. The number of ketones is 1. The molecule has 17 heteroatoms. The van der Waals surface area contributed by atoms with Gasteiger partial charge in [0.15, 0.2) is 5.78 Å². The molecule has 21 atom stereocenters. The van der Waals surface area contributed by atoms with Gasteiger partial charge in [-0.3, -0.25) is 9.59 Å². The number of hydrogen-bond donors (Lipinski definition) is 10. The van der Waals surface area contributed by atoms with Gasteiger partial charge < -0.3 is 65.6 Å². The molecule has 6 saturated carbocycles. The lowest BCUT2D eigenvalue weighted by Crippen LogP contribution is -2.72. The summed E-state index contributed by atoms with van der Waals surface area (Å²) in [7, 11) is 4.22. The van der Waals surface area contributed by atoms with Crippen molar-refractivity contribution in [1.82, 2.24) is 5.32 Å². The molecule has 10 N–H and O–H groups in total. The maximum absolute atomic E-state index is 16.8. The van der Waals surface area contributed by atoms with Crippen LogP contribution in [0.25, 0.3) is 0 Å². The first-order chi connectivity index (χ1) is 39.5. The Kier molecular flexibility index (Phi) is 14.8. The summed E-state index contributed by atoms with van der Waals surface area (Å²) in [4.78, 5) is 34.6. The summed E-state index contributed by atoms with van der Waals surface area (Å²) in [5.74, 6) is -2.45. The molecule has 15 rings (SSSR count). The van der Waals surface area contributed by atoms with Crippen molar-refractivity contribution in [2.75, 3.05) is 50.7 Å². The first-order valence-corrected chi connectivity index (χ1v) is 34.3. The number of benzene rings is 1. The number of methoxy groups -OCH3 is 1. The van der Waals surface area contributed by atoms with Gasteiger partial charge in [0.1, 0.15) is 28.5 Å². The van der Waals surface area contributed by atoms with Crippen molar-refractivity contribution in [2.45, 2.75) is 195 Å². The fourth-order valence-corrected chi connectivity index (χ4v) is 25.2. The first kappa shape index (κ1) is 59.6. The standard InChI is InChI=1S/C66H94N2O13S2/c1-38(2)39(3)52-54(81-52)64(78)20-9-11-42-28-47-48-30-50(72)62(31-51(73)60(77,37-70)34-57(47,62)4)56(76)83-82-33-44-12-8-16-58(36-69)21-14-43-27-41(32-67-59(17-6-7-18-59)19-10-24-80-5)53(74)63(43)35-68(55(75)66(44,58)63)45-25-40(26-46(71)29-45)13-22-61(42)49(64)15-23-65(48,61)79/h9,11,14,21,25-26,29-30,38-39,41-44,47,49,51-54,56,67,69-71,73-74,76-79H,6-8,10,12-13,15-20,22-24,27-28,31-37H2,1-5H3. The van der Waals surface area contributed by atoms with Gasteiger partial charge in [-0.05, 0) is 172 Å². The number of ether oxygens (including phenoxy) is 2. The van der Waals surface area contributed by atoms with Crippen molar-refractivity contribution < 1.29 is 65.0 Å². The highest BCUT2D eigenvalue weighted by atomic mass is 33.1. The van der Waals surface area contributed by atoms with Crippen LogP contribution in [-0.4, -0.2) is 156 Å². The Labute approximate surface area is 498 Å². The van der Waals surface area contributed by atoms with Crippen LogP contribution in [0.5, 0.6) is 5.75 Å². The molecule has 14 aliphatic rings. The molecule has 1 aromatic rings. The molecule has 458 valence electrons. The number of anilines is 1. The zero-order valence-electron chi connectivity index (χ0n) is 49.5. The number of carbonyl (C=O) groups is 2. The van der Waals surface area contributed by atoms with Crippen molar-refractivity contribution in [3.05, 3.63) is 59.7 Å². The average molecular weight is 1190 g/mol. The number of aromatic hydroxyl groups is 1. The van der Waals surface area contributed by atoms with Crippen LogP contribution in [0.2, 0.25) is 0 Å². The van der Waals surface area contributed by atoms with Gasteiger partial charge in [-0.2, -0.15) is 0 Å². The monoisotopic (exact) mass is 1190 g/mol. The number of rotatable bonds is 12. The smallest absolute Gasteiger partial charge is 0.235 e. The van der Waals surface area contributed by atoms with Crippen molar-refractivity contribution in [3.8, 4) is 5.75 Å². The lowest BCUT2D eigenvalue weighted by molar-refractivity contribution is -0.235. The average Bonchev–Trinajstić information content (AvgIpc) is 1.63. The number of phenolic OH excluding ortho intramolecular Hbond substituents is 1. The fourth-order valence-electron chi connectivity index (χ4n) is 22.2. The Bertz CT molecular complexity index is 2830. The normalized spacial score (nSPS) is 48.7. The highest BCUT2D eigenvalue weighted by molar-refractivity contribution is 8.76. The van der Waals surface area contributed by atoms with Crippen molar-refractivity contribution >= 4 is 39.0 Å². The summed E-state index contributed by atoms with van der Waals surface area (Å²) in [6.45, 7) is 8.63. The zero-order chi connectivity index (χ0) is 58.7. The number of aliphatic hydroxyl groups is 8. The van der Waals surface area contributed by atoms with Crippen molar-refractivity contribution in [1.29, 1.82) is 0 Å². The van der Waals surface area contributed by atoms with Crippen LogP contribution in [0.3, 0.4) is 0 Å². The lowest BCUT2D eigenvalue weighted by Gasteiger charge is -2.68. The number of fused-ring (bicyclic) bond motifs is 1. The third-order valence-electron chi connectivity index (χ3n) is 26.5. The minimum absolute atomic E-state index is 0.0380. The van der Waals surface area contributed by atoms with Crippen LogP contribution in [-0.2, 0) is 25.5 Å². The predicted octanol–water partition coefficient (Wildman–Crippen LogP) is 6.93. The predicted molar refractivity (Wildman–Crippen MR) is 318 cm³/mol. The molecule has 0 radical (unpaired) electrons. The van der Waals surface area contributed by atoms with E-state index in [-0.39, 0.29) is 85.8 Å². The van der Waals surface area contributed by atoms with Crippen molar-refractivity contribution in [2.24, 2.45) is 79.8 Å². The van der Waals surface area contributed by atoms with Gasteiger partial charge in [-0.1, -0.05) is 92.8 Å². The van der Waals surface area contributed by atoms with E-state index in [4.69, 9.17) is 9.47 Å². The van der Waals surface area contributed by atoms with Gasteiger partial charge in [-0.25, -0.2) is 0 Å². The van der Waals surface area contributed by atoms with E-state index in [1.54, 1.807) is 25.3 Å². The molecule has 83 heavy (non-hydrogen) atoms. The Morgan fingerprint density at radius 3 is 2.42 bits per heavy atom. The number of phenols is 1. The van der Waals surface area contributed by atoms with Crippen LogP contribution in [0.4, 0.5) is 5.69 Å². The number of allylic oxidation sites excluding steroid dienone is 3. The molecule has 0 aromatic heterocycles. The molecule has 9 aliphatic carbocycles. The fraction of sp³-hybridized carbons (Fsp3) is 0.788. The summed E-state index contributed by atoms with van der Waals surface area (Å²) < 4.78 is 12.1. The lowest BCUT2D eigenvalue weighted by atomic mass is 9.38. The van der Waals surface area contributed by atoms with Gasteiger partial charge in [-0.15, -0.1) is 0 Å². The number of carbonyl (C=O) groups excluding carboxylic acids is 2. The summed E-state index contributed by atoms with van der Waals surface area (Å²) in [6.07, 6.45) is 16.7. The second-order valence-corrected chi connectivity index (χ2v) is 32.2. The molecular weight excluding hydrogens is 1090 g/mol. The molecule has 5 aliphatic heterocycles. The maximum Gasteiger partial charge on any atom is 0.235 e. The number of hydrogen-bond acceptors (Lipinski definition) is 16. The van der Waals surface area contributed by atoms with Crippen LogP contribution < -0.4 is 10.2 Å². The van der Waals surface area contributed by atoms with E-state index in [1.165, 1.54) is 10.8 Å². The number of epoxide rings is 1. The molecule has 2 saturated heterocycles. The second kappa shape index (κ2) is 20.6. The summed E-state index contributed by atoms with van der Waals surface area (Å²) in [5.41, 5.74) is -12.7. The second-order valence-electron chi connectivity index (χ2n) is 29.8. The molecule has 1 amide bonds. The summed E-state index contributed by atoms with van der Waals surface area (Å²) in [5, 5.41) is 118. The molecule has 1 aromatic carbocycles. The minimum atomic E-state index is -2.04. The van der Waals surface area contributed by atoms with Crippen LogP contribution in [0.1, 0.15) is 142 Å². The molecule has 4 spiro atoms. The van der Waals surface area contributed by atoms with E-state index in [2.05, 4.69) is 44.3 Å². The third kappa shape index (κ3) is 7.89. The maximum atomic E-state index is 16.8. The molecule has 8 bridgehead atoms. The van der Waals surface area contributed by atoms with E-state index < -0.39 is 109 Å². The summed E-state index contributed by atoms with van der Waals surface area (Å²) >= 11 is 0. The molecule has 15 nitrogen and oxygen atoms in total. The Hall–Kier alpha value is -2.36. The van der Waals surface area contributed by atoms with E-state index in [0.29, 0.717) is 81.5 Å². The Morgan fingerprint density at radius 2 is 1.69 bits per heavy atom. The number of nitrogens with zero attached hydrogens (tertiary/aromatic N) is 1. The Morgan fingerprint density at radius 1 is 0.916 bits per heavy atom. The van der Waals surface area contributed by atoms with Gasteiger partial charge in [0.2, 0.25) is 5.91 Å². The molecular formula is C66H94N2O13S2. The van der Waals surface area contributed by atoms with Crippen LogP contribution >= 0.6 is 21.6 Å². The SMILES string of the molecule is COCCCC1(NCC2CC3C=CC4(CO)CCCC5CSSC(O)C67CC(O)C(O)(CO)CC6(C)C6CC8C=CCC(O)(C9OC9C(C)C(C)C)C9CCC(O)(C6=CC7=O)C89CCc6cc(O)cc(c6)N6CC3(C2O)C54C6=O)CCCC1.